The second-order valence-corrected chi connectivity index (χ2v) is 7.39. The molecular weight excluding hydrogens is 340 g/mol. The van der Waals surface area contributed by atoms with Gasteiger partial charge in [0.05, 0.1) is 21.4 Å². The first-order chi connectivity index (χ1) is 12.6. The number of thiazole rings is 1. The Labute approximate surface area is 158 Å². The zero-order valence-electron chi connectivity index (χ0n) is 15.0. The average molecular weight is 363 g/mol. The van der Waals surface area contributed by atoms with Gasteiger partial charge in [0.1, 0.15) is 11.6 Å². The van der Waals surface area contributed by atoms with Crippen molar-refractivity contribution >= 4 is 27.4 Å². The second-order valence-electron chi connectivity index (χ2n) is 6.50. The zero-order chi connectivity index (χ0) is 18.1. The predicted molar refractivity (Wildman–Crippen MR) is 111 cm³/mol. The number of hydrogen-bond acceptors (Lipinski definition) is 5. The predicted octanol–water partition coefficient (Wildman–Crippen LogP) is 5.79. The highest BCUT2D eigenvalue weighted by Gasteiger charge is 2.10. The smallest absolute Gasteiger partial charge is 0.130 e. The van der Waals surface area contributed by atoms with E-state index in [1.165, 1.54) is 15.8 Å². The molecule has 0 spiro atoms. The van der Waals surface area contributed by atoms with E-state index in [1.54, 1.807) is 11.3 Å². The molecule has 1 atom stereocenters. The molecular formula is C21H22N4S. The highest BCUT2D eigenvalue weighted by atomic mass is 32.1. The van der Waals surface area contributed by atoms with Crippen LogP contribution in [0.2, 0.25) is 0 Å². The fourth-order valence-corrected chi connectivity index (χ4v) is 3.76. The van der Waals surface area contributed by atoms with E-state index in [0.717, 1.165) is 28.4 Å². The summed E-state index contributed by atoms with van der Waals surface area (Å²) in [5, 5.41) is 3.51. The molecule has 0 radical (unpaired) electrons. The highest BCUT2D eigenvalue weighted by Crippen LogP contribution is 2.27. The standard InChI is InChI=1S/C21H20N4S.H2/c1-13-5-4-6-16(9-13)14(2)23-21-11-19(24-15(3)25-21)17-7-8-18-20(10-17)26-12-22-18;/h4-12,14H,1-3H3,(H,23,24,25);1H. The van der Waals surface area contributed by atoms with Gasteiger partial charge in [0, 0.05) is 19.1 Å². The molecule has 2 heterocycles. The van der Waals surface area contributed by atoms with E-state index < -0.39 is 0 Å². The molecule has 1 unspecified atom stereocenters. The van der Waals surface area contributed by atoms with Crippen LogP contribution in [0.4, 0.5) is 5.82 Å². The van der Waals surface area contributed by atoms with Crippen molar-refractivity contribution in [2.75, 3.05) is 5.32 Å². The number of hydrogen-bond donors (Lipinski definition) is 1. The normalized spacial score (nSPS) is 12.3. The third kappa shape index (κ3) is 3.44. The van der Waals surface area contributed by atoms with Gasteiger partial charge in [-0.3, -0.25) is 0 Å². The van der Waals surface area contributed by atoms with Crippen molar-refractivity contribution in [2.24, 2.45) is 0 Å². The molecule has 0 aliphatic rings. The largest absolute Gasteiger partial charge is 0.363 e. The topological polar surface area (TPSA) is 50.7 Å². The molecule has 4 nitrogen and oxygen atoms in total. The van der Waals surface area contributed by atoms with Crippen LogP contribution in [0, 0.1) is 13.8 Å². The number of rotatable bonds is 4. The highest BCUT2D eigenvalue weighted by molar-refractivity contribution is 7.16. The molecule has 4 rings (SSSR count). The van der Waals surface area contributed by atoms with Crippen molar-refractivity contribution in [1.29, 1.82) is 0 Å². The molecule has 0 saturated carbocycles. The van der Waals surface area contributed by atoms with E-state index in [9.17, 15) is 0 Å². The summed E-state index contributed by atoms with van der Waals surface area (Å²) < 4.78 is 1.17. The summed E-state index contributed by atoms with van der Waals surface area (Å²) in [6.45, 7) is 6.19. The van der Waals surface area contributed by atoms with Crippen LogP contribution >= 0.6 is 11.3 Å². The lowest BCUT2D eigenvalue weighted by Crippen LogP contribution is -2.09. The fourth-order valence-electron chi connectivity index (χ4n) is 3.05. The molecule has 5 heteroatoms. The Bertz CT molecular complexity index is 1080. The molecule has 4 aromatic rings. The van der Waals surface area contributed by atoms with Crippen LogP contribution < -0.4 is 5.32 Å². The zero-order valence-corrected chi connectivity index (χ0v) is 15.8. The SMILES string of the molecule is Cc1cccc(C(C)Nc2cc(-c3ccc4ncsc4c3)nc(C)n2)c1.[HH]. The molecule has 0 saturated heterocycles. The number of nitrogens with zero attached hydrogens (tertiary/aromatic N) is 3. The molecule has 2 aromatic heterocycles. The van der Waals surface area contributed by atoms with Crippen LogP contribution in [-0.4, -0.2) is 15.0 Å². The first kappa shape index (κ1) is 16.7. The quantitative estimate of drug-likeness (QED) is 0.499. The fraction of sp³-hybridized carbons (Fsp3) is 0.190. The van der Waals surface area contributed by atoms with Crippen LogP contribution in [0.3, 0.4) is 0 Å². The van der Waals surface area contributed by atoms with Crippen LogP contribution in [0.1, 0.15) is 31.3 Å². The van der Waals surface area contributed by atoms with Gasteiger partial charge >= 0.3 is 0 Å². The molecule has 1 N–H and O–H groups in total. The Morgan fingerprint density at radius 2 is 1.92 bits per heavy atom. The summed E-state index contributed by atoms with van der Waals surface area (Å²) in [5.41, 5.74) is 7.40. The van der Waals surface area contributed by atoms with Crippen molar-refractivity contribution < 1.29 is 1.43 Å². The summed E-state index contributed by atoms with van der Waals surface area (Å²) >= 11 is 1.64. The van der Waals surface area contributed by atoms with E-state index in [2.05, 4.69) is 70.5 Å². The molecule has 132 valence electrons. The van der Waals surface area contributed by atoms with Gasteiger partial charge in [-0.1, -0.05) is 35.9 Å². The van der Waals surface area contributed by atoms with Crippen LogP contribution in [0.25, 0.3) is 21.5 Å². The summed E-state index contributed by atoms with van der Waals surface area (Å²) in [6, 6.07) is 17.0. The average Bonchev–Trinajstić information content (AvgIpc) is 3.09. The lowest BCUT2D eigenvalue weighted by atomic mass is 10.1. The van der Waals surface area contributed by atoms with E-state index in [4.69, 9.17) is 0 Å². The first-order valence-corrected chi connectivity index (χ1v) is 9.49. The van der Waals surface area contributed by atoms with Crippen molar-refractivity contribution in [3.63, 3.8) is 0 Å². The molecule has 0 bridgehead atoms. The van der Waals surface area contributed by atoms with Gasteiger partial charge in [-0.05, 0) is 38.5 Å². The summed E-state index contributed by atoms with van der Waals surface area (Å²) in [5.74, 6) is 1.59. The molecule has 26 heavy (non-hydrogen) atoms. The molecule has 2 aromatic carbocycles. The number of anilines is 1. The molecule has 0 amide bonds. The van der Waals surface area contributed by atoms with Gasteiger partial charge in [-0.15, -0.1) is 11.3 Å². The number of fused-ring (bicyclic) bond motifs is 1. The monoisotopic (exact) mass is 362 g/mol. The van der Waals surface area contributed by atoms with Crippen molar-refractivity contribution in [3.8, 4) is 11.3 Å². The Morgan fingerprint density at radius 3 is 2.77 bits per heavy atom. The molecule has 0 fully saturated rings. The Kier molecular flexibility index (Phi) is 4.39. The Hall–Kier alpha value is -2.79. The van der Waals surface area contributed by atoms with Gasteiger partial charge < -0.3 is 5.32 Å². The van der Waals surface area contributed by atoms with Crippen molar-refractivity contribution in [3.05, 3.63) is 71.0 Å². The lowest BCUT2D eigenvalue weighted by molar-refractivity contribution is 0.866. The minimum atomic E-state index is 0. The Morgan fingerprint density at radius 1 is 1.04 bits per heavy atom. The van der Waals surface area contributed by atoms with Gasteiger partial charge in [0.2, 0.25) is 0 Å². The van der Waals surface area contributed by atoms with Gasteiger partial charge in [-0.25, -0.2) is 15.0 Å². The van der Waals surface area contributed by atoms with E-state index >= 15 is 0 Å². The van der Waals surface area contributed by atoms with Gasteiger partial charge in [0.25, 0.3) is 0 Å². The van der Waals surface area contributed by atoms with Crippen molar-refractivity contribution in [2.45, 2.75) is 26.8 Å². The summed E-state index contributed by atoms with van der Waals surface area (Å²) in [7, 11) is 0. The summed E-state index contributed by atoms with van der Waals surface area (Å²) in [6.07, 6.45) is 0. The van der Waals surface area contributed by atoms with Crippen LogP contribution in [-0.2, 0) is 0 Å². The maximum atomic E-state index is 4.62. The van der Waals surface area contributed by atoms with E-state index in [0.29, 0.717) is 0 Å². The lowest BCUT2D eigenvalue weighted by Gasteiger charge is -2.16. The third-order valence-electron chi connectivity index (χ3n) is 4.37. The minimum absolute atomic E-state index is 0. The number of aromatic nitrogens is 3. The van der Waals surface area contributed by atoms with Crippen LogP contribution in [0.5, 0.6) is 0 Å². The van der Waals surface area contributed by atoms with E-state index in [1.807, 2.05) is 24.6 Å². The van der Waals surface area contributed by atoms with Gasteiger partial charge in [-0.2, -0.15) is 0 Å². The molecule has 0 aliphatic heterocycles. The first-order valence-electron chi connectivity index (χ1n) is 8.61. The number of benzene rings is 2. The second kappa shape index (κ2) is 6.84. The van der Waals surface area contributed by atoms with Gasteiger partial charge in [0.15, 0.2) is 0 Å². The number of nitrogens with one attached hydrogen (secondary N) is 1. The minimum Gasteiger partial charge on any atom is -0.363 e. The number of aryl methyl sites for hydroxylation is 2. The summed E-state index contributed by atoms with van der Waals surface area (Å²) in [4.78, 5) is 13.5. The maximum absolute atomic E-state index is 4.62. The van der Waals surface area contributed by atoms with E-state index in [-0.39, 0.29) is 7.47 Å². The third-order valence-corrected chi connectivity index (χ3v) is 5.16. The van der Waals surface area contributed by atoms with Crippen molar-refractivity contribution in [1.82, 2.24) is 15.0 Å². The van der Waals surface area contributed by atoms with Crippen LogP contribution in [0.15, 0.2) is 54.0 Å². The molecule has 0 aliphatic carbocycles. The maximum Gasteiger partial charge on any atom is 0.130 e. The Balaban J connectivity index is 0.00000210.